The average molecular weight is 381 g/mol. The van der Waals surface area contributed by atoms with Crippen LogP contribution >= 0.6 is 0 Å². The minimum Gasteiger partial charge on any atom is -0.349 e. The molecular formula is C19H28N2O4S. The average Bonchev–Trinajstić information content (AvgIpc) is 2.81. The minimum atomic E-state index is -3.23. The second kappa shape index (κ2) is 9.16. The number of hydrogen-bond acceptors (Lipinski definition) is 4. The first-order valence-electron chi connectivity index (χ1n) is 9.18. The normalized spacial score (nSPS) is 16.8. The van der Waals surface area contributed by atoms with E-state index in [1.807, 2.05) is 6.92 Å². The Bertz CT molecular complexity index is 728. The van der Waals surface area contributed by atoms with E-state index in [-0.39, 0.29) is 29.2 Å². The van der Waals surface area contributed by atoms with Crippen LogP contribution in [0.1, 0.15) is 57.1 Å². The van der Waals surface area contributed by atoms with Gasteiger partial charge in [-0.05, 0) is 37.0 Å². The molecule has 0 spiro atoms. The molecular weight excluding hydrogens is 352 g/mol. The van der Waals surface area contributed by atoms with Crippen LogP contribution in [-0.2, 0) is 19.4 Å². The van der Waals surface area contributed by atoms with E-state index in [1.165, 1.54) is 6.26 Å². The highest BCUT2D eigenvalue weighted by molar-refractivity contribution is 7.90. The van der Waals surface area contributed by atoms with Crippen LogP contribution < -0.4 is 5.32 Å². The number of rotatable bonds is 7. The molecule has 7 heteroatoms. The van der Waals surface area contributed by atoms with Crippen molar-refractivity contribution in [1.29, 1.82) is 0 Å². The van der Waals surface area contributed by atoms with Gasteiger partial charge in [0.05, 0.1) is 10.9 Å². The van der Waals surface area contributed by atoms with E-state index < -0.39 is 9.84 Å². The van der Waals surface area contributed by atoms with Crippen LogP contribution in [0.5, 0.6) is 0 Å². The SMILES string of the molecule is CCC(NC(=O)CCN1CCCCCC1=O)c1ccc(S(C)(=O)=O)cc1. The lowest BCUT2D eigenvalue weighted by Crippen LogP contribution is -2.35. The third-order valence-electron chi connectivity index (χ3n) is 4.73. The van der Waals surface area contributed by atoms with E-state index in [9.17, 15) is 18.0 Å². The Morgan fingerprint density at radius 3 is 2.50 bits per heavy atom. The Hall–Kier alpha value is -1.89. The van der Waals surface area contributed by atoms with Crippen LogP contribution in [0.3, 0.4) is 0 Å². The molecule has 1 atom stereocenters. The van der Waals surface area contributed by atoms with Gasteiger partial charge in [0.25, 0.3) is 0 Å². The van der Waals surface area contributed by atoms with Gasteiger partial charge in [-0.3, -0.25) is 9.59 Å². The molecule has 1 aromatic rings. The van der Waals surface area contributed by atoms with Crippen LogP contribution in [0.2, 0.25) is 0 Å². The van der Waals surface area contributed by atoms with Crippen LogP contribution in [-0.4, -0.2) is 44.5 Å². The summed E-state index contributed by atoms with van der Waals surface area (Å²) in [5, 5.41) is 2.98. The smallest absolute Gasteiger partial charge is 0.222 e. The summed E-state index contributed by atoms with van der Waals surface area (Å²) in [7, 11) is -3.23. The maximum atomic E-state index is 12.3. The highest BCUT2D eigenvalue weighted by atomic mass is 32.2. The second-order valence-electron chi connectivity index (χ2n) is 6.81. The second-order valence-corrected chi connectivity index (χ2v) is 8.83. The quantitative estimate of drug-likeness (QED) is 0.787. The summed E-state index contributed by atoms with van der Waals surface area (Å²) in [4.78, 5) is 26.3. The third kappa shape index (κ3) is 5.83. The van der Waals surface area contributed by atoms with E-state index in [4.69, 9.17) is 0 Å². The Balaban J connectivity index is 1.92. The van der Waals surface area contributed by atoms with Crippen LogP contribution in [0.4, 0.5) is 0 Å². The fourth-order valence-corrected chi connectivity index (χ4v) is 3.78. The maximum absolute atomic E-state index is 12.3. The fraction of sp³-hybridized carbons (Fsp3) is 0.579. The molecule has 0 bridgehead atoms. The lowest BCUT2D eigenvalue weighted by Gasteiger charge is -2.22. The summed E-state index contributed by atoms with van der Waals surface area (Å²) >= 11 is 0. The predicted molar refractivity (Wildman–Crippen MR) is 100 cm³/mol. The number of nitrogens with zero attached hydrogens (tertiary/aromatic N) is 1. The molecule has 1 saturated heterocycles. The van der Waals surface area contributed by atoms with E-state index >= 15 is 0 Å². The lowest BCUT2D eigenvalue weighted by molar-refractivity contribution is -0.131. The zero-order valence-corrected chi connectivity index (χ0v) is 16.3. The zero-order chi connectivity index (χ0) is 19.2. The number of amides is 2. The topological polar surface area (TPSA) is 83.6 Å². The first-order valence-corrected chi connectivity index (χ1v) is 11.1. The van der Waals surface area contributed by atoms with Gasteiger partial charge in [-0.2, -0.15) is 0 Å². The maximum Gasteiger partial charge on any atom is 0.222 e. The summed E-state index contributed by atoms with van der Waals surface area (Å²) < 4.78 is 23.1. The molecule has 0 aromatic heterocycles. The highest BCUT2D eigenvalue weighted by Gasteiger charge is 2.19. The van der Waals surface area contributed by atoms with Gasteiger partial charge >= 0.3 is 0 Å². The molecule has 6 nitrogen and oxygen atoms in total. The van der Waals surface area contributed by atoms with Crippen LogP contribution in [0, 0.1) is 0 Å². The Labute approximate surface area is 155 Å². The molecule has 1 N–H and O–H groups in total. The standard InChI is InChI=1S/C19H28N2O4S/c1-3-17(15-8-10-16(11-9-15)26(2,24)25)20-18(22)12-14-21-13-6-4-5-7-19(21)23/h8-11,17H,3-7,12-14H2,1-2H3,(H,20,22). The Kier molecular flexibility index (Phi) is 7.20. The lowest BCUT2D eigenvalue weighted by atomic mass is 10.0. The predicted octanol–water partition coefficient (Wildman–Crippen LogP) is 2.45. The molecule has 1 aromatic carbocycles. The van der Waals surface area contributed by atoms with Crippen molar-refractivity contribution in [1.82, 2.24) is 10.2 Å². The van der Waals surface area contributed by atoms with Crippen molar-refractivity contribution in [2.75, 3.05) is 19.3 Å². The fourth-order valence-electron chi connectivity index (χ4n) is 3.15. The van der Waals surface area contributed by atoms with E-state index in [0.29, 0.717) is 19.4 Å². The molecule has 1 unspecified atom stereocenters. The molecule has 1 aliphatic heterocycles. The molecule has 2 rings (SSSR count). The van der Waals surface area contributed by atoms with E-state index in [2.05, 4.69) is 5.32 Å². The number of carbonyl (C=O) groups is 2. The van der Waals surface area contributed by atoms with Crippen LogP contribution in [0.15, 0.2) is 29.2 Å². The van der Waals surface area contributed by atoms with Gasteiger partial charge in [-0.1, -0.05) is 25.5 Å². The number of sulfone groups is 1. The van der Waals surface area contributed by atoms with Gasteiger partial charge in [0.1, 0.15) is 0 Å². The van der Waals surface area contributed by atoms with Gasteiger partial charge in [-0.15, -0.1) is 0 Å². The summed E-state index contributed by atoms with van der Waals surface area (Å²) in [6.07, 6.45) is 5.73. The summed E-state index contributed by atoms with van der Waals surface area (Å²) in [5.41, 5.74) is 0.874. The minimum absolute atomic E-state index is 0.0962. The molecule has 26 heavy (non-hydrogen) atoms. The number of nitrogens with one attached hydrogen (secondary N) is 1. The largest absolute Gasteiger partial charge is 0.349 e. The van der Waals surface area contributed by atoms with Crippen molar-refractivity contribution in [3.8, 4) is 0 Å². The van der Waals surface area contributed by atoms with Crippen molar-refractivity contribution in [2.45, 2.75) is 56.4 Å². The first kappa shape index (κ1) is 20.4. The van der Waals surface area contributed by atoms with Gasteiger partial charge in [0.2, 0.25) is 11.8 Å². The molecule has 1 heterocycles. The number of hydrogen-bond donors (Lipinski definition) is 1. The summed E-state index contributed by atoms with van der Waals surface area (Å²) in [6.45, 7) is 3.15. The van der Waals surface area contributed by atoms with Crippen molar-refractivity contribution >= 4 is 21.7 Å². The first-order chi connectivity index (χ1) is 12.3. The number of likely N-dealkylation sites (tertiary alicyclic amines) is 1. The van der Waals surface area contributed by atoms with Gasteiger partial charge in [-0.25, -0.2) is 8.42 Å². The molecule has 0 saturated carbocycles. The molecule has 2 amide bonds. The Morgan fingerprint density at radius 2 is 1.88 bits per heavy atom. The van der Waals surface area contributed by atoms with E-state index in [1.54, 1.807) is 29.2 Å². The van der Waals surface area contributed by atoms with Gasteiger partial charge in [0, 0.05) is 32.2 Å². The monoisotopic (exact) mass is 380 g/mol. The third-order valence-corrected chi connectivity index (χ3v) is 5.86. The number of carbonyl (C=O) groups excluding carboxylic acids is 2. The van der Waals surface area contributed by atoms with Crippen molar-refractivity contribution in [3.63, 3.8) is 0 Å². The molecule has 144 valence electrons. The van der Waals surface area contributed by atoms with Crippen molar-refractivity contribution in [3.05, 3.63) is 29.8 Å². The molecule has 1 aliphatic rings. The summed E-state index contributed by atoms with van der Waals surface area (Å²) in [6, 6.07) is 6.44. The van der Waals surface area contributed by atoms with E-state index in [0.717, 1.165) is 31.4 Å². The number of benzene rings is 1. The molecule has 0 aliphatic carbocycles. The van der Waals surface area contributed by atoms with Gasteiger partial charge < -0.3 is 10.2 Å². The van der Waals surface area contributed by atoms with Gasteiger partial charge in [0.15, 0.2) is 9.84 Å². The molecule has 0 radical (unpaired) electrons. The molecule has 1 fully saturated rings. The highest BCUT2D eigenvalue weighted by Crippen LogP contribution is 2.19. The summed E-state index contributed by atoms with van der Waals surface area (Å²) in [5.74, 6) is 0.0415. The van der Waals surface area contributed by atoms with Crippen molar-refractivity contribution < 1.29 is 18.0 Å². The Morgan fingerprint density at radius 1 is 1.19 bits per heavy atom. The zero-order valence-electron chi connectivity index (χ0n) is 15.5. The van der Waals surface area contributed by atoms with Crippen LogP contribution in [0.25, 0.3) is 0 Å². The van der Waals surface area contributed by atoms with Crippen molar-refractivity contribution in [2.24, 2.45) is 0 Å².